The van der Waals surface area contributed by atoms with E-state index in [4.69, 9.17) is 5.26 Å². The highest BCUT2D eigenvalue weighted by atomic mass is 79.9. The van der Waals surface area contributed by atoms with Gasteiger partial charge in [-0.25, -0.2) is 4.79 Å². The molecule has 0 aliphatic carbocycles. The molecule has 7 nitrogen and oxygen atoms in total. The third kappa shape index (κ3) is 4.28. The third-order valence-corrected chi connectivity index (χ3v) is 4.17. The number of nitrogens with zero attached hydrogens (tertiary/aromatic N) is 3. The van der Waals surface area contributed by atoms with Gasteiger partial charge < -0.3 is 4.74 Å². The summed E-state index contributed by atoms with van der Waals surface area (Å²) in [6.07, 6.45) is 2.49. The van der Waals surface area contributed by atoms with E-state index in [1.54, 1.807) is 18.2 Å². The van der Waals surface area contributed by atoms with E-state index in [-0.39, 0.29) is 10.1 Å². The molecular formula is C14H9BrN4O3S. The number of esters is 1. The van der Waals surface area contributed by atoms with Gasteiger partial charge in [-0.15, -0.1) is 5.10 Å². The van der Waals surface area contributed by atoms with Gasteiger partial charge in [0.05, 0.1) is 23.8 Å². The van der Waals surface area contributed by atoms with Crippen LogP contribution in [-0.4, -0.2) is 30.4 Å². The highest BCUT2D eigenvalue weighted by Crippen LogP contribution is 2.23. The number of halogens is 1. The Morgan fingerprint density at radius 3 is 3.00 bits per heavy atom. The standard InChI is InChI=1S/C14H9BrN4O3S/c1-22-12(20)5-11-13(21)18-14(23-11)19-17-7-8-3-2-4-10(15)9(8)6-16/h2-5,7H,1H3,(H,18,19,21)/b11-5+,17-7?. The van der Waals surface area contributed by atoms with Crippen molar-refractivity contribution in [2.45, 2.75) is 0 Å². The Hall–Kier alpha value is -2.44. The smallest absolute Gasteiger partial charge is 0.331 e. The zero-order valence-corrected chi connectivity index (χ0v) is 14.1. The van der Waals surface area contributed by atoms with Crippen LogP contribution in [0.2, 0.25) is 0 Å². The first-order valence-electron chi connectivity index (χ1n) is 6.13. The van der Waals surface area contributed by atoms with Gasteiger partial charge >= 0.3 is 5.97 Å². The number of amides is 1. The Morgan fingerprint density at radius 2 is 2.30 bits per heavy atom. The van der Waals surface area contributed by atoms with Gasteiger partial charge in [-0.3, -0.25) is 10.1 Å². The largest absolute Gasteiger partial charge is 0.466 e. The molecule has 0 saturated carbocycles. The minimum Gasteiger partial charge on any atom is -0.466 e. The normalized spacial score (nSPS) is 17.5. The van der Waals surface area contributed by atoms with Crippen LogP contribution in [0.25, 0.3) is 0 Å². The second-order valence-electron chi connectivity index (χ2n) is 4.05. The maximum Gasteiger partial charge on any atom is 0.331 e. The van der Waals surface area contributed by atoms with Crippen molar-refractivity contribution in [2.24, 2.45) is 10.2 Å². The Balaban J connectivity index is 2.15. The van der Waals surface area contributed by atoms with Crippen LogP contribution in [0, 0.1) is 11.3 Å². The molecule has 1 aliphatic rings. The maximum atomic E-state index is 11.6. The van der Waals surface area contributed by atoms with Crippen molar-refractivity contribution in [3.05, 3.63) is 44.8 Å². The predicted molar refractivity (Wildman–Crippen MR) is 89.7 cm³/mol. The molecule has 1 aromatic rings. The topological polar surface area (TPSA) is 104 Å². The van der Waals surface area contributed by atoms with E-state index in [0.717, 1.165) is 17.8 Å². The summed E-state index contributed by atoms with van der Waals surface area (Å²) in [6, 6.07) is 7.30. The summed E-state index contributed by atoms with van der Waals surface area (Å²) in [5.41, 5.74) is 1.02. The number of nitriles is 1. The zero-order valence-electron chi connectivity index (χ0n) is 11.7. The van der Waals surface area contributed by atoms with Crippen LogP contribution in [0.1, 0.15) is 11.1 Å². The monoisotopic (exact) mass is 392 g/mol. The van der Waals surface area contributed by atoms with E-state index in [1.165, 1.54) is 13.3 Å². The molecule has 1 amide bonds. The number of ether oxygens (including phenoxy) is 1. The molecule has 2 rings (SSSR count). The fourth-order valence-corrected chi connectivity index (χ4v) is 2.76. The van der Waals surface area contributed by atoms with Crippen LogP contribution in [0.4, 0.5) is 0 Å². The lowest BCUT2D eigenvalue weighted by atomic mass is 10.1. The number of amidine groups is 1. The van der Waals surface area contributed by atoms with E-state index in [0.29, 0.717) is 15.6 Å². The second-order valence-corrected chi connectivity index (χ2v) is 5.94. The highest BCUT2D eigenvalue weighted by molar-refractivity contribution is 9.10. The molecule has 1 N–H and O–H groups in total. The van der Waals surface area contributed by atoms with Crippen molar-refractivity contribution < 1.29 is 14.3 Å². The first-order valence-corrected chi connectivity index (χ1v) is 7.74. The summed E-state index contributed by atoms with van der Waals surface area (Å²) < 4.78 is 5.11. The lowest BCUT2D eigenvalue weighted by Gasteiger charge is -1.98. The van der Waals surface area contributed by atoms with Gasteiger partial charge in [0.15, 0.2) is 5.17 Å². The van der Waals surface area contributed by atoms with Crippen LogP contribution in [0.15, 0.2) is 43.9 Å². The molecule has 0 atom stereocenters. The SMILES string of the molecule is COC(=O)/C=C1/S/C(=N\N=Cc2cccc(Br)c2C#N)NC1=O. The lowest BCUT2D eigenvalue weighted by molar-refractivity contribution is -0.135. The van der Waals surface area contributed by atoms with Crippen molar-refractivity contribution in [3.8, 4) is 6.07 Å². The molecule has 116 valence electrons. The minimum absolute atomic E-state index is 0.172. The number of methoxy groups -OCH3 is 1. The third-order valence-electron chi connectivity index (χ3n) is 2.60. The van der Waals surface area contributed by atoms with Crippen molar-refractivity contribution >= 4 is 51.0 Å². The quantitative estimate of drug-likeness (QED) is 0.366. The van der Waals surface area contributed by atoms with Gasteiger partial charge in [-0.2, -0.15) is 10.4 Å². The van der Waals surface area contributed by atoms with Crippen molar-refractivity contribution in [2.75, 3.05) is 7.11 Å². The average molecular weight is 393 g/mol. The number of nitrogens with one attached hydrogen (secondary N) is 1. The summed E-state index contributed by atoms with van der Waals surface area (Å²) in [7, 11) is 1.22. The summed E-state index contributed by atoms with van der Waals surface area (Å²) in [6.45, 7) is 0. The predicted octanol–water partition coefficient (Wildman–Crippen LogP) is 1.93. The second kappa shape index (κ2) is 7.71. The van der Waals surface area contributed by atoms with Gasteiger partial charge in [0.2, 0.25) is 0 Å². The summed E-state index contributed by atoms with van der Waals surface area (Å²) in [5.74, 6) is -1.07. The van der Waals surface area contributed by atoms with Gasteiger partial charge in [-0.05, 0) is 33.8 Å². The molecule has 1 fully saturated rings. The number of benzene rings is 1. The van der Waals surface area contributed by atoms with Gasteiger partial charge in [0.25, 0.3) is 5.91 Å². The van der Waals surface area contributed by atoms with Gasteiger partial charge in [0, 0.05) is 16.1 Å². The van der Waals surface area contributed by atoms with Crippen LogP contribution in [0.3, 0.4) is 0 Å². The number of carbonyl (C=O) groups is 2. The Bertz CT molecular complexity index is 796. The molecule has 0 aromatic heterocycles. The Kier molecular flexibility index (Phi) is 5.67. The fraction of sp³-hybridized carbons (Fsp3) is 0.0714. The summed E-state index contributed by atoms with van der Waals surface area (Å²) in [4.78, 5) is 22.9. The van der Waals surface area contributed by atoms with Crippen LogP contribution in [0.5, 0.6) is 0 Å². The molecule has 9 heteroatoms. The van der Waals surface area contributed by atoms with Crippen molar-refractivity contribution in [1.29, 1.82) is 5.26 Å². The van der Waals surface area contributed by atoms with Crippen LogP contribution in [-0.2, 0) is 14.3 Å². The lowest BCUT2D eigenvalue weighted by Crippen LogP contribution is -2.19. The zero-order chi connectivity index (χ0) is 16.8. The van der Waals surface area contributed by atoms with E-state index < -0.39 is 11.9 Å². The first-order chi connectivity index (χ1) is 11.0. The summed E-state index contributed by atoms with van der Waals surface area (Å²) >= 11 is 4.25. The van der Waals surface area contributed by atoms with E-state index in [2.05, 4.69) is 42.3 Å². The molecule has 1 aliphatic heterocycles. The Labute approximate surface area is 144 Å². The molecule has 0 spiro atoms. The molecule has 0 unspecified atom stereocenters. The maximum absolute atomic E-state index is 11.6. The molecule has 23 heavy (non-hydrogen) atoms. The summed E-state index contributed by atoms with van der Waals surface area (Å²) in [5, 5.41) is 19.5. The van der Waals surface area contributed by atoms with Crippen molar-refractivity contribution in [1.82, 2.24) is 5.32 Å². The molecule has 0 radical (unpaired) electrons. The molecule has 1 heterocycles. The van der Waals surface area contributed by atoms with Gasteiger partial charge in [0.1, 0.15) is 6.07 Å². The number of rotatable bonds is 3. The van der Waals surface area contributed by atoms with E-state index >= 15 is 0 Å². The number of hydrogen-bond acceptors (Lipinski definition) is 7. The van der Waals surface area contributed by atoms with Crippen LogP contribution < -0.4 is 5.32 Å². The first kappa shape index (κ1) is 16.9. The van der Waals surface area contributed by atoms with E-state index in [1.807, 2.05) is 0 Å². The molecule has 1 aromatic carbocycles. The van der Waals surface area contributed by atoms with Crippen LogP contribution >= 0.6 is 27.7 Å². The fourth-order valence-electron chi connectivity index (χ4n) is 1.55. The van der Waals surface area contributed by atoms with Crippen molar-refractivity contribution in [3.63, 3.8) is 0 Å². The van der Waals surface area contributed by atoms with Gasteiger partial charge in [-0.1, -0.05) is 12.1 Å². The number of hydrogen-bond donors (Lipinski definition) is 1. The Morgan fingerprint density at radius 1 is 1.52 bits per heavy atom. The van der Waals surface area contributed by atoms with E-state index in [9.17, 15) is 9.59 Å². The minimum atomic E-state index is -0.625. The number of carbonyl (C=O) groups excluding carboxylic acids is 2. The average Bonchev–Trinajstić information content (AvgIpc) is 2.87. The molecule has 1 saturated heterocycles. The molecule has 0 bridgehead atoms. The molecular weight excluding hydrogens is 384 g/mol. The highest BCUT2D eigenvalue weighted by Gasteiger charge is 2.24. The number of thioether (sulfide) groups is 1.